The largest absolute Gasteiger partial charge is 3.00 e. The Morgan fingerprint density at radius 2 is 1.00 bits per heavy atom. The zero-order valence-corrected chi connectivity index (χ0v) is 10.5. The van der Waals surface area contributed by atoms with Crippen LogP contribution in [0.25, 0.3) is 0 Å². The van der Waals surface area contributed by atoms with Gasteiger partial charge in [-0.25, -0.2) is 0 Å². The van der Waals surface area contributed by atoms with Crippen molar-refractivity contribution in [3.05, 3.63) is 0 Å². The van der Waals surface area contributed by atoms with Crippen molar-refractivity contribution in [1.82, 2.24) is 0 Å². The molecule has 0 aliphatic carbocycles. The molecule has 0 radical (unpaired) electrons. The monoisotopic (exact) mass is 302 g/mol. The molecule has 0 fully saturated rings. The van der Waals surface area contributed by atoms with Crippen LogP contribution in [0.3, 0.4) is 0 Å². The second-order valence-electron chi connectivity index (χ2n) is 0.908. The first-order chi connectivity index (χ1) is 1.73. The Morgan fingerprint density at radius 3 is 1.00 bits per heavy atom. The molecule has 0 N–H and O–H groups in total. The molecule has 0 atom stereocenters. The van der Waals surface area contributed by atoms with Gasteiger partial charge < -0.3 is 42.0 Å². The van der Waals surface area contributed by atoms with Gasteiger partial charge >= 0.3 is 35.6 Å². The van der Waals surface area contributed by atoms with Crippen molar-refractivity contribution >= 4 is 5.78 Å². The molecule has 0 aromatic carbocycles. The Kier molecular flexibility index (Phi) is 96.5. The van der Waals surface area contributed by atoms with Crippen molar-refractivity contribution in [2.75, 3.05) is 0 Å². The standard InChI is InChI=1S/C3H6O.3ClH.La/c1-3(2)4;;;;/h1-2H3;3*1H;/q;;;;+3/p-3. The minimum absolute atomic E-state index is 0. The molecule has 0 aliphatic rings. The summed E-state index contributed by atoms with van der Waals surface area (Å²) in [6.45, 7) is 3.06. The summed E-state index contributed by atoms with van der Waals surface area (Å²) in [6, 6.07) is 0. The summed E-state index contributed by atoms with van der Waals surface area (Å²) in [4.78, 5) is 9.44. The van der Waals surface area contributed by atoms with Gasteiger partial charge in [-0.05, 0) is 13.8 Å². The van der Waals surface area contributed by atoms with E-state index in [4.69, 9.17) is 0 Å². The van der Waals surface area contributed by atoms with Crippen LogP contribution in [0.2, 0.25) is 0 Å². The molecule has 0 aromatic heterocycles. The van der Waals surface area contributed by atoms with Crippen molar-refractivity contribution < 1.29 is 77.6 Å². The molecule has 0 aliphatic heterocycles. The fourth-order valence-corrected chi connectivity index (χ4v) is 0. The van der Waals surface area contributed by atoms with E-state index in [1.54, 1.807) is 0 Å². The maximum Gasteiger partial charge on any atom is 3.00 e. The minimum Gasteiger partial charge on any atom is -1.00 e. The van der Waals surface area contributed by atoms with Gasteiger partial charge in [0, 0.05) is 0 Å². The topological polar surface area (TPSA) is 17.1 Å². The third kappa shape index (κ3) is 117. The van der Waals surface area contributed by atoms with Crippen molar-refractivity contribution in [2.24, 2.45) is 0 Å². The van der Waals surface area contributed by atoms with Crippen molar-refractivity contribution in [1.29, 1.82) is 0 Å². The Labute approximate surface area is 96.2 Å². The number of carbonyl (C=O) groups excluding carboxylic acids is 1. The van der Waals surface area contributed by atoms with Crippen LogP contribution in [-0.2, 0) is 4.79 Å². The predicted octanol–water partition coefficient (Wildman–Crippen LogP) is -8.39. The van der Waals surface area contributed by atoms with E-state index in [9.17, 15) is 4.79 Å². The molecule has 0 aromatic rings. The maximum atomic E-state index is 9.44. The number of hydrogen-bond acceptors (Lipinski definition) is 1. The summed E-state index contributed by atoms with van der Waals surface area (Å²) in [5, 5.41) is 0. The molecule has 48 valence electrons. The fourth-order valence-electron chi connectivity index (χ4n) is 0. The van der Waals surface area contributed by atoms with Gasteiger partial charge in [0.1, 0.15) is 5.78 Å². The third-order valence-corrected chi connectivity index (χ3v) is 0. The van der Waals surface area contributed by atoms with E-state index in [1.807, 2.05) is 0 Å². The molecule has 1 nitrogen and oxygen atoms in total. The van der Waals surface area contributed by atoms with Crippen LogP contribution in [-0.4, -0.2) is 5.78 Å². The molecule has 0 saturated heterocycles. The van der Waals surface area contributed by atoms with E-state index < -0.39 is 0 Å². The summed E-state index contributed by atoms with van der Waals surface area (Å²) in [5.41, 5.74) is 0. The van der Waals surface area contributed by atoms with Gasteiger partial charge in [0.15, 0.2) is 0 Å². The SMILES string of the molecule is CC(C)=O.[Cl-].[Cl-].[Cl-].[La+3]. The van der Waals surface area contributed by atoms with E-state index >= 15 is 0 Å². The first kappa shape index (κ1) is 33.1. The Hall–Kier alpha value is 1.73. The molecular weight excluding hydrogens is 297 g/mol. The average Bonchev–Trinajstić information content (AvgIpc) is 0.811. The second-order valence-corrected chi connectivity index (χ2v) is 0.908. The average molecular weight is 303 g/mol. The number of carbonyl (C=O) groups is 1. The molecule has 0 spiro atoms. The van der Waals surface area contributed by atoms with Gasteiger partial charge in [-0.1, -0.05) is 0 Å². The quantitative estimate of drug-likeness (QED) is 0.434. The normalized spacial score (nSPS) is 3.25. The minimum atomic E-state index is 0. The predicted molar refractivity (Wildman–Crippen MR) is 16.4 cm³/mol. The fraction of sp³-hybridized carbons (Fsp3) is 0.667. The van der Waals surface area contributed by atoms with Crippen LogP contribution < -0.4 is 37.2 Å². The van der Waals surface area contributed by atoms with Gasteiger partial charge in [-0.15, -0.1) is 0 Å². The Bertz CT molecular complexity index is 37.5. The van der Waals surface area contributed by atoms with Crippen LogP contribution in [0, 0.1) is 35.6 Å². The number of rotatable bonds is 0. The van der Waals surface area contributed by atoms with Crippen LogP contribution >= 0.6 is 0 Å². The zero-order valence-electron chi connectivity index (χ0n) is 4.62. The molecule has 0 rings (SSSR count). The molecule has 0 amide bonds. The summed E-state index contributed by atoms with van der Waals surface area (Å²) in [7, 11) is 0. The van der Waals surface area contributed by atoms with Crippen LogP contribution in [0.5, 0.6) is 0 Å². The second kappa shape index (κ2) is 23.3. The molecule has 8 heavy (non-hydrogen) atoms. The number of hydrogen-bond donors (Lipinski definition) is 0. The summed E-state index contributed by atoms with van der Waals surface area (Å²) in [6.07, 6.45) is 0. The summed E-state index contributed by atoms with van der Waals surface area (Å²) >= 11 is 0. The molecule has 0 heterocycles. The van der Waals surface area contributed by atoms with E-state index in [0.717, 1.165) is 0 Å². The first-order valence-electron chi connectivity index (χ1n) is 1.20. The van der Waals surface area contributed by atoms with E-state index in [-0.39, 0.29) is 78.6 Å². The molecular formula is C3H6Cl3LaO. The van der Waals surface area contributed by atoms with E-state index in [2.05, 4.69) is 0 Å². The number of ketones is 1. The van der Waals surface area contributed by atoms with Crippen molar-refractivity contribution in [2.45, 2.75) is 13.8 Å². The molecule has 0 saturated carbocycles. The van der Waals surface area contributed by atoms with Crippen LogP contribution in [0.4, 0.5) is 0 Å². The summed E-state index contributed by atoms with van der Waals surface area (Å²) in [5.74, 6) is 0.167. The molecule has 0 unspecified atom stereocenters. The van der Waals surface area contributed by atoms with Gasteiger partial charge in [-0.3, -0.25) is 0 Å². The van der Waals surface area contributed by atoms with Crippen molar-refractivity contribution in [3.63, 3.8) is 0 Å². The smallest absolute Gasteiger partial charge is 1.00 e. The van der Waals surface area contributed by atoms with Gasteiger partial charge in [0.2, 0.25) is 0 Å². The van der Waals surface area contributed by atoms with Gasteiger partial charge in [0.25, 0.3) is 0 Å². The van der Waals surface area contributed by atoms with Gasteiger partial charge in [0.05, 0.1) is 0 Å². The first-order valence-corrected chi connectivity index (χ1v) is 1.20. The van der Waals surface area contributed by atoms with Crippen molar-refractivity contribution in [3.8, 4) is 0 Å². The molecule has 5 heteroatoms. The number of Topliss-reactive ketones (excluding diaryl/α,β-unsaturated/α-hetero) is 1. The Morgan fingerprint density at radius 1 is 1.00 bits per heavy atom. The zero-order chi connectivity index (χ0) is 3.58. The molecule has 0 bridgehead atoms. The van der Waals surface area contributed by atoms with E-state index in [0.29, 0.717) is 0 Å². The third-order valence-electron chi connectivity index (χ3n) is 0. The van der Waals surface area contributed by atoms with E-state index in [1.165, 1.54) is 13.8 Å². The summed E-state index contributed by atoms with van der Waals surface area (Å²) < 4.78 is 0. The van der Waals surface area contributed by atoms with Gasteiger partial charge in [-0.2, -0.15) is 0 Å². The van der Waals surface area contributed by atoms with Crippen LogP contribution in [0.1, 0.15) is 13.8 Å². The Balaban J connectivity index is -0.00000000750. The number of halogens is 3. The maximum absolute atomic E-state index is 9.44. The van der Waals surface area contributed by atoms with Crippen LogP contribution in [0.15, 0.2) is 0 Å².